The average molecular weight is 280 g/mol. The van der Waals surface area contributed by atoms with Gasteiger partial charge in [0.2, 0.25) is 0 Å². The van der Waals surface area contributed by atoms with E-state index in [1.54, 1.807) is 26.0 Å². The van der Waals surface area contributed by atoms with E-state index < -0.39 is 0 Å². The minimum atomic E-state index is 0.512. The smallest absolute Gasteiger partial charge is 0.157 e. The van der Waals surface area contributed by atoms with Gasteiger partial charge in [-0.3, -0.25) is 4.99 Å². The molecule has 1 aliphatic heterocycles. The second kappa shape index (κ2) is 6.70. The zero-order chi connectivity index (χ0) is 13.7. The molecule has 0 spiro atoms. The van der Waals surface area contributed by atoms with Crippen molar-refractivity contribution in [3.8, 4) is 11.5 Å². The van der Waals surface area contributed by atoms with Crippen molar-refractivity contribution >= 4 is 16.9 Å². The Hall–Kier alpha value is -1.36. The van der Waals surface area contributed by atoms with Gasteiger partial charge < -0.3 is 14.8 Å². The Balaban J connectivity index is 2.08. The molecule has 0 aromatic heterocycles. The summed E-state index contributed by atoms with van der Waals surface area (Å²) in [5.74, 6) is 2.75. The second-order valence-electron chi connectivity index (χ2n) is 4.48. The number of nitrogens with zero attached hydrogens (tertiary/aromatic N) is 1. The van der Waals surface area contributed by atoms with Crippen molar-refractivity contribution in [1.29, 1.82) is 0 Å². The van der Waals surface area contributed by atoms with E-state index >= 15 is 0 Å². The van der Waals surface area contributed by atoms with Gasteiger partial charge in [-0.25, -0.2) is 0 Å². The molecule has 0 amide bonds. The molecular formula is C14H20N2O2S. The summed E-state index contributed by atoms with van der Waals surface area (Å²) in [4.78, 5) is 4.62. The van der Waals surface area contributed by atoms with Crippen LogP contribution in [-0.2, 0) is 6.54 Å². The highest BCUT2D eigenvalue weighted by molar-refractivity contribution is 8.13. The number of amidine groups is 1. The molecule has 5 heteroatoms. The van der Waals surface area contributed by atoms with Crippen LogP contribution in [0.5, 0.6) is 11.5 Å². The fourth-order valence-corrected chi connectivity index (χ4v) is 2.99. The first-order valence-electron chi connectivity index (χ1n) is 6.37. The van der Waals surface area contributed by atoms with Crippen LogP contribution in [0, 0.1) is 0 Å². The molecule has 1 atom stereocenters. The van der Waals surface area contributed by atoms with Crippen molar-refractivity contribution < 1.29 is 9.47 Å². The summed E-state index contributed by atoms with van der Waals surface area (Å²) >= 11 is 1.78. The lowest BCUT2D eigenvalue weighted by Gasteiger charge is -2.21. The Bertz CT molecular complexity index is 463. The first kappa shape index (κ1) is 14.1. The molecule has 19 heavy (non-hydrogen) atoms. The maximum atomic E-state index is 5.37. The summed E-state index contributed by atoms with van der Waals surface area (Å²) < 4.78 is 10.6. The van der Waals surface area contributed by atoms with Gasteiger partial charge in [-0.1, -0.05) is 11.8 Å². The maximum absolute atomic E-state index is 5.37. The molecule has 1 aromatic rings. The molecule has 2 rings (SSSR count). The molecule has 0 bridgehead atoms. The van der Waals surface area contributed by atoms with Crippen molar-refractivity contribution in [2.75, 3.05) is 20.0 Å². The molecule has 1 N–H and O–H groups in total. The number of hydrogen-bond acceptors (Lipinski definition) is 4. The predicted octanol–water partition coefficient (Wildman–Crippen LogP) is 2.67. The largest absolute Gasteiger partial charge is 0.497 e. The topological polar surface area (TPSA) is 42.8 Å². The monoisotopic (exact) mass is 280 g/mol. The van der Waals surface area contributed by atoms with Crippen LogP contribution in [0.1, 0.15) is 18.9 Å². The molecule has 1 saturated heterocycles. The lowest BCUT2D eigenvalue weighted by molar-refractivity contribution is 0.391. The summed E-state index contributed by atoms with van der Waals surface area (Å²) in [5, 5.41) is 4.42. The van der Waals surface area contributed by atoms with Crippen LogP contribution in [0.4, 0.5) is 0 Å². The molecular weight excluding hydrogens is 260 g/mol. The average Bonchev–Trinajstić information content (AvgIpc) is 2.45. The lowest BCUT2D eigenvalue weighted by atomic mass is 10.2. The summed E-state index contributed by atoms with van der Waals surface area (Å²) in [6.07, 6.45) is 1.19. The van der Waals surface area contributed by atoms with Crippen molar-refractivity contribution in [2.24, 2.45) is 4.99 Å². The number of benzene rings is 1. The van der Waals surface area contributed by atoms with Crippen molar-refractivity contribution in [3.63, 3.8) is 0 Å². The summed E-state index contributed by atoms with van der Waals surface area (Å²) in [5.41, 5.74) is 1.07. The minimum absolute atomic E-state index is 0.512. The Morgan fingerprint density at radius 1 is 1.37 bits per heavy atom. The highest BCUT2D eigenvalue weighted by Gasteiger charge is 2.13. The summed E-state index contributed by atoms with van der Waals surface area (Å²) in [7, 11) is 3.32. The fourth-order valence-electron chi connectivity index (χ4n) is 1.89. The number of thioether (sulfide) groups is 1. The first-order chi connectivity index (χ1) is 9.22. The summed E-state index contributed by atoms with van der Waals surface area (Å²) in [6, 6.07) is 6.33. The van der Waals surface area contributed by atoms with Gasteiger partial charge in [0.15, 0.2) is 5.17 Å². The minimum Gasteiger partial charge on any atom is -0.497 e. The molecule has 1 heterocycles. The van der Waals surface area contributed by atoms with Gasteiger partial charge in [-0.05, 0) is 25.5 Å². The first-order valence-corrected chi connectivity index (χ1v) is 7.36. The van der Waals surface area contributed by atoms with Crippen LogP contribution in [0.15, 0.2) is 23.2 Å². The Labute approximate surface area is 118 Å². The van der Waals surface area contributed by atoms with E-state index in [-0.39, 0.29) is 0 Å². The van der Waals surface area contributed by atoms with Crippen LogP contribution < -0.4 is 14.8 Å². The third kappa shape index (κ3) is 3.80. The van der Waals surface area contributed by atoms with Crippen LogP contribution in [-0.4, -0.2) is 31.2 Å². The van der Waals surface area contributed by atoms with Gasteiger partial charge in [0, 0.05) is 23.4 Å². The van der Waals surface area contributed by atoms with E-state index in [1.165, 1.54) is 6.42 Å². The SMILES string of the molecule is COc1ccc(CN=C2NC(C)CCS2)c(OC)c1. The van der Waals surface area contributed by atoms with Crippen LogP contribution >= 0.6 is 11.8 Å². The Morgan fingerprint density at radius 2 is 2.21 bits per heavy atom. The summed E-state index contributed by atoms with van der Waals surface area (Å²) in [6.45, 7) is 2.80. The van der Waals surface area contributed by atoms with Crippen molar-refractivity contribution in [3.05, 3.63) is 23.8 Å². The molecule has 0 saturated carbocycles. The lowest BCUT2D eigenvalue weighted by Crippen LogP contribution is -2.35. The zero-order valence-corrected chi connectivity index (χ0v) is 12.4. The molecule has 1 fully saturated rings. The van der Waals surface area contributed by atoms with Gasteiger partial charge in [0.05, 0.1) is 20.8 Å². The van der Waals surface area contributed by atoms with Gasteiger partial charge >= 0.3 is 0 Å². The molecule has 104 valence electrons. The van der Waals surface area contributed by atoms with Crippen LogP contribution in [0.2, 0.25) is 0 Å². The van der Waals surface area contributed by atoms with Crippen molar-refractivity contribution in [2.45, 2.75) is 25.9 Å². The second-order valence-corrected chi connectivity index (χ2v) is 5.57. The van der Waals surface area contributed by atoms with E-state index in [4.69, 9.17) is 9.47 Å². The standard InChI is InChI=1S/C14H20N2O2S/c1-10-6-7-19-14(16-10)15-9-11-4-5-12(17-2)8-13(11)18-3/h4-5,8,10H,6-7,9H2,1-3H3,(H,15,16). The van der Waals surface area contributed by atoms with E-state index in [0.717, 1.165) is 28.0 Å². The number of methoxy groups -OCH3 is 2. The third-order valence-electron chi connectivity index (χ3n) is 3.05. The molecule has 1 unspecified atom stereocenters. The van der Waals surface area contributed by atoms with Gasteiger partial charge in [-0.15, -0.1) is 0 Å². The van der Waals surface area contributed by atoms with Crippen LogP contribution in [0.3, 0.4) is 0 Å². The highest BCUT2D eigenvalue weighted by atomic mass is 32.2. The van der Waals surface area contributed by atoms with Gasteiger partial charge in [0.25, 0.3) is 0 Å². The maximum Gasteiger partial charge on any atom is 0.157 e. The molecule has 4 nitrogen and oxygen atoms in total. The Kier molecular flexibility index (Phi) is 4.96. The van der Waals surface area contributed by atoms with Gasteiger partial charge in [-0.2, -0.15) is 0 Å². The molecule has 1 aliphatic rings. The number of rotatable bonds is 4. The van der Waals surface area contributed by atoms with Gasteiger partial charge in [0.1, 0.15) is 11.5 Å². The molecule has 0 radical (unpaired) electrons. The third-order valence-corrected chi connectivity index (χ3v) is 4.01. The normalized spacial score (nSPS) is 21.0. The van der Waals surface area contributed by atoms with E-state index in [2.05, 4.69) is 17.2 Å². The highest BCUT2D eigenvalue weighted by Crippen LogP contribution is 2.25. The number of ether oxygens (including phenoxy) is 2. The number of aliphatic imine (C=N–C) groups is 1. The quantitative estimate of drug-likeness (QED) is 0.921. The number of nitrogens with one attached hydrogen (secondary N) is 1. The Morgan fingerprint density at radius 3 is 2.89 bits per heavy atom. The molecule has 1 aromatic carbocycles. The molecule has 0 aliphatic carbocycles. The van der Waals surface area contributed by atoms with Crippen molar-refractivity contribution in [1.82, 2.24) is 5.32 Å². The number of hydrogen-bond donors (Lipinski definition) is 1. The van der Waals surface area contributed by atoms with E-state index in [9.17, 15) is 0 Å². The van der Waals surface area contributed by atoms with E-state index in [1.807, 2.05) is 18.2 Å². The predicted molar refractivity (Wildman–Crippen MR) is 80.4 cm³/mol. The fraction of sp³-hybridized carbons (Fsp3) is 0.500. The van der Waals surface area contributed by atoms with Crippen LogP contribution in [0.25, 0.3) is 0 Å². The zero-order valence-electron chi connectivity index (χ0n) is 11.6. The van der Waals surface area contributed by atoms with E-state index in [0.29, 0.717) is 12.6 Å².